The largest absolute Gasteiger partial charge is 0.378 e. The van der Waals surface area contributed by atoms with Crippen LogP contribution in [0.4, 0.5) is 11.8 Å². The van der Waals surface area contributed by atoms with Gasteiger partial charge in [-0.3, -0.25) is 0 Å². The van der Waals surface area contributed by atoms with Crippen molar-refractivity contribution < 1.29 is 9.47 Å². The van der Waals surface area contributed by atoms with Crippen LogP contribution in [-0.4, -0.2) is 46.2 Å². The van der Waals surface area contributed by atoms with Crippen molar-refractivity contribution in [3.05, 3.63) is 23.7 Å². The molecule has 0 saturated carbocycles. The first-order valence-electron chi connectivity index (χ1n) is 8.00. The Labute approximate surface area is 140 Å². The Kier molecular flexibility index (Phi) is 3.58. The molecule has 2 aromatic rings. The van der Waals surface area contributed by atoms with Crippen molar-refractivity contribution in [1.29, 1.82) is 0 Å². The summed E-state index contributed by atoms with van der Waals surface area (Å²) in [5.41, 5.74) is 7.86. The molecule has 2 N–H and O–H groups in total. The van der Waals surface area contributed by atoms with E-state index in [4.69, 9.17) is 25.2 Å². The highest BCUT2D eigenvalue weighted by Gasteiger charge is 2.37. The number of nitrogens with two attached hydrogens (primary N) is 1. The number of morpholine rings is 1. The normalized spacial score (nSPS) is 19.3. The molecule has 8 nitrogen and oxygen atoms in total. The highest BCUT2D eigenvalue weighted by atomic mass is 16.5. The van der Waals surface area contributed by atoms with E-state index in [1.165, 1.54) is 0 Å². The molecule has 8 heteroatoms. The van der Waals surface area contributed by atoms with E-state index in [1.54, 1.807) is 12.4 Å². The molecule has 0 unspecified atom stereocenters. The Bertz CT molecular complexity index is 756. The molecule has 2 aliphatic heterocycles. The molecule has 0 aliphatic carbocycles. The molecule has 0 amide bonds. The molecule has 2 aromatic heterocycles. The summed E-state index contributed by atoms with van der Waals surface area (Å²) in [6, 6.07) is 0. The standard InChI is InChI=1S/C16H20N6O2/c1-16(2)12-11(9-24-16)14(22-3-5-23-6-4-22)21-13(20-12)10-7-18-15(17)19-8-10/h7-8H,3-6,9H2,1-2H3,(H2,17,18,19). The van der Waals surface area contributed by atoms with Gasteiger partial charge in [0.1, 0.15) is 11.4 Å². The van der Waals surface area contributed by atoms with Gasteiger partial charge in [-0.05, 0) is 13.8 Å². The number of aromatic nitrogens is 4. The zero-order valence-electron chi connectivity index (χ0n) is 13.8. The van der Waals surface area contributed by atoms with Gasteiger partial charge in [0.2, 0.25) is 5.95 Å². The predicted molar refractivity (Wildman–Crippen MR) is 88.3 cm³/mol. The second-order valence-electron chi connectivity index (χ2n) is 6.43. The summed E-state index contributed by atoms with van der Waals surface area (Å²) in [5.74, 6) is 1.74. The number of ether oxygens (including phenoxy) is 2. The van der Waals surface area contributed by atoms with E-state index in [2.05, 4.69) is 14.9 Å². The first-order valence-corrected chi connectivity index (χ1v) is 8.00. The lowest BCUT2D eigenvalue weighted by Gasteiger charge is -2.29. The number of rotatable bonds is 2. The molecule has 1 fully saturated rings. The van der Waals surface area contributed by atoms with Crippen LogP contribution in [0.1, 0.15) is 25.1 Å². The van der Waals surface area contributed by atoms with Gasteiger partial charge < -0.3 is 20.1 Å². The van der Waals surface area contributed by atoms with Gasteiger partial charge in [0.05, 0.1) is 31.1 Å². The van der Waals surface area contributed by atoms with Crippen molar-refractivity contribution in [3.8, 4) is 11.4 Å². The van der Waals surface area contributed by atoms with Crippen LogP contribution in [0.2, 0.25) is 0 Å². The predicted octanol–water partition coefficient (Wildman–Crippen LogP) is 1.12. The van der Waals surface area contributed by atoms with Crippen molar-refractivity contribution in [1.82, 2.24) is 19.9 Å². The van der Waals surface area contributed by atoms with Crippen LogP contribution < -0.4 is 10.6 Å². The number of fused-ring (bicyclic) bond motifs is 1. The van der Waals surface area contributed by atoms with Crippen LogP contribution in [0, 0.1) is 0 Å². The van der Waals surface area contributed by atoms with Crippen molar-refractivity contribution in [2.45, 2.75) is 26.1 Å². The third-order valence-electron chi connectivity index (χ3n) is 4.37. The summed E-state index contributed by atoms with van der Waals surface area (Å²) in [7, 11) is 0. The van der Waals surface area contributed by atoms with Gasteiger partial charge in [-0.25, -0.2) is 19.9 Å². The molecule has 1 saturated heterocycles. The van der Waals surface area contributed by atoms with Crippen LogP contribution in [0.5, 0.6) is 0 Å². The highest BCUT2D eigenvalue weighted by molar-refractivity contribution is 5.61. The van der Waals surface area contributed by atoms with Crippen LogP contribution in [-0.2, 0) is 21.7 Å². The maximum Gasteiger partial charge on any atom is 0.219 e. The average molecular weight is 328 g/mol. The smallest absolute Gasteiger partial charge is 0.219 e. The topological polar surface area (TPSA) is 99.3 Å². The van der Waals surface area contributed by atoms with Gasteiger partial charge in [0.15, 0.2) is 5.82 Å². The first kappa shape index (κ1) is 15.2. The number of nitrogen functional groups attached to an aromatic ring is 1. The second-order valence-corrected chi connectivity index (χ2v) is 6.43. The molecular formula is C16H20N6O2. The van der Waals surface area contributed by atoms with Gasteiger partial charge in [0.25, 0.3) is 0 Å². The number of nitrogens with zero attached hydrogens (tertiary/aromatic N) is 5. The van der Waals surface area contributed by atoms with Crippen molar-refractivity contribution in [3.63, 3.8) is 0 Å². The SMILES string of the molecule is CC1(C)OCc2c(N3CCOCC3)nc(-c3cnc(N)nc3)nc21. The summed E-state index contributed by atoms with van der Waals surface area (Å²) in [6.07, 6.45) is 3.30. The van der Waals surface area contributed by atoms with Gasteiger partial charge in [0, 0.05) is 31.0 Å². The second kappa shape index (κ2) is 5.64. The van der Waals surface area contributed by atoms with Crippen LogP contribution >= 0.6 is 0 Å². The lowest BCUT2D eigenvalue weighted by atomic mass is 10.0. The van der Waals surface area contributed by atoms with E-state index in [0.29, 0.717) is 25.6 Å². The molecule has 0 bridgehead atoms. The zero-order chi connectivity index (χ0) is 16.7. The van der Waals surface area contributed by atoms with Crippen molar-refractivity contribution in [2.75, 3.05) is 36.9 Å². The molecule has 0 atom stereocenters. The minimum atomic E-state index is -0.442. The van der Waals surface area contributed by atoms with Gasteiger partial charge in [-0.15, -0.1) is 0 Å². The molecular weight excluding hydrogens is 308 g/mol. The summed E-state index contributed by atoms with van der Waals surface area (Å²) in [4.78, 5) is 19.9. The molecule has 4 rings (SSSR count). The Morgan fingerprint density at radius 3 is 2.54 bits per heavy atom. The van der Waals surface area contributed by atoms with Crippen LogP contribution in [0.25, 0.3) is 11.4 Å². The molecule has 0 spiro atoms. The maximum atomic E-state index is 5.94. The van der Waals surface area contributed by atoms with Gasteiger partial charge >= 0.3 is 0 Å². The lowest BCUT2D eigenvalue weighted by molar-refractivity contribution is -0.0100. The third kappa shape index (κ3) is 2.57. The summed E-state index contributed by atoms with van der Waals surface area (Å²) in [5, 5.41) is 0. The fourth-order valence-electron chi connectivity index (χ4n) is 3.04. The number of hydrogen-bond donors (Lipinski definition) is 1. The Morgan fingerprint density at radius 2 is 1.83 bits per heavy atom. The molecule has 4 heterocycles. The van der Waals surface area contributed by atoms with E-state index >= 15 is 0 Å². The van der Waals surface area contributed by atoms with Crippen molar-refractivity contribution in [2.24, 2.45) is 0 Å². The van der Waals surface area contributed by atoms with Gasteiger partial charge in [-0.2, -0.15) is 0 Å². The minimum absolute atomic E-state index is 0.233. The molecule has 2 aliphatic rings. The summed E-state index contributed by atoms with van der Waals surface area (Å²) < 4.78 is 11.4. The third-order valence-corrected chi connectivity index (χ3v) is 4.37. The highest BCUT2D eigenvalue weighted by Crippen LogP contribution is 2.39. The number of anilines is 2. The number of hydrogen-bond acceptors (Lipinski definition) is 8. The molecule has 0 aromatic carbocycles. The fourth-order valence-corrected chi connectivity index (χ4v) is 3.04. The Hall–Kier alpha value is -2.32. The molecule has 24 heavy (non-hydrogen) atoms. The zero-order valence-corrected chi connectivity index (χ0v) is 13.8. The van der Waals surface area contributed by atoms with E-state index in [-0.39, 0.29) is 5.95 Å². The summed E-state index contributed by atoms with van der Waals surface area (Å²) in [6.45, 7) is 7.58. The maximum absolute atomic E-state index is 5.94. The van der Waals surface area contributed by atoms with Gasteiger partial charge in [-0.1, -0.05) is 0 Å². The average Bonchev–Trinajstić information content (AvgIpc) is 2.91. The Balaban J connectivity index is 1.85. The quantitative estimate of drug-likeness (QED) is 0.875. The van der Waals surface area contributed by atoms with E-state index in [9.17, 15) is 0 Å². The van der Waals surface area contributed by atoms with E-state index < -0.39 is 5.60 Å². The summed E-state index contributed by atoms with van der Waals surface area (Å²) >= 11 is 0. The Morgan fingerprint density at radius 1 is 1.12 bits per heavy atom. The minimum Gasteiger partial charge on any atom is -0.378 e. The van der Waals surface area contributed by atoms with E-state index in [1.807, 2.05) is 13.8 Å². The van der Waals surface area contributed by atoms with Crippen LogP contribution in [0.15, 0.2) is 12.4 Å². The fraction of sp³-hybridized carbons (Fsp3) is 0.500. The van der Waals surface area contributed by atoms with E-state index in [0.717, 1.165) is 35.7 Å². The van der Waals surface area contributed by atoms with Crippen molar-refractivity contribution >= 4 is 11.8 Å². The molecule has 126 valence electrons. The first-order chi connectivity index (χ1) is 11.5. The van der Waals surface area contributed by atoms with Crippen LogP contribution in [0.3, 0.4) is 0 Å². The monoisotopic (exact) mass is 328 g/mol. The molecule has 0 radical (unpaired) electrons. The lowest BCUT2D eigenvalue weighted by Crippen LogP contribution is -2.37.